The summed E-state index contributed by atoms with van der Waals surface area (Å²) in [5, 5.41) is 4.14. The van der Waals surface area contributed by atoms with Gasteiger partial charge in [0.2, 0.25) is 5.91 Å². The largest absolute Gasteiger partial charge is 0.466 e. The summed E-state index contributed by atoms with van der Waals surface area (Å²) in [6.45, 7) is 6.26. The van der Waals surface area contributed by atoms with E-state index in [9.17, 15) is 9.59 Å². The second-order valence-corrected chi connectivity index (χ2v) is 10.3. The number of carbonyl (C=O) groups is 2. The van der Waals surface area contributed by atoms with Gasteiger partial charge in [0.1, 0.15) is 11.3 Å². The molecule has 6 heteroatoms. The summed E-state index contributed by atoms with van der Waals surface area (Å²) in [5.41, 5.74) is 6.93. The molecule has 2 atom stereocenters. The molecule has 41 heavy (non-hydrogen) atoms. The second-order valence-electron chi connectivity index (χ2n) is 10.3. The van der Waals surface area contributed by atoms with E-state index in [2.05, 4.69) is 42.3 Å². The van der Waals surface area contributed by atoms with Crippen LogP contribution in [0.5, 0.6) is 0 Å². The maximum Gasteiger partial charge on any atom is 0.306 e. The van der Waals surface area contributed by atoms with Gasteiger partial charge in [-0.1, -0.05) is 60.2 Å². The first-order chi connectivity index (χ1) is 19.9. The minimum Gasteiger partial charge on any atom is -0.466 e. The maximum absolute atomic E-state index is 13.4. The number of amides is 1. The molecule has 5 rings (SSSR count). The number of pyridine rings is 1. The quantitative estimate of drug-likeness (QED) is 0.191. The van der Waals surface area contributed by atoms with Crippen molar-refractivity contribution in [2.24, 2.45) is 0 Å². The molecular formula is C35H34N2O4. The van der Waals surface area contributed by atoms with Gasteiger partial charge in [0.05, 0.1) is 31.4 Å². The molecule has 0 radical (unpaired) electrons. The molecule has 2 aromatic heterocycles. The Morgan fingerprint density at radius 1 is 0.902 bits per heavy atom. The van der Waals surface area contributed by atoms with Crippen LogP contribution in [-0.4, -0.2) is 23.5 Å². The predicted octanol–water partition coefficient (Wildman–Crippen LogP) is 6.98. The zero-order valence-electron chi connectivity index (χ0n) is 23.6. The van der Waals surface area contributed by atoms with Gasteiger partial charge >= 0.3 is 5.97 Å². The van der Waals surface area contributed by atoms with Crippen LogP contribution in [0.1, 0.15) is 64.4 Å². The fourth-order valence-corrected chi connectivity index (χ4v) is 5.29. The Labute approximate surface area is 240 Å². The van der Waals surface area contributed by atoms with Crippen LogP contribution in [0.3, 0.4) is 0 Å². The molecule has 3 aromatic carbocycles. The number of aryl methyl sites for hydroxylation is 2. The average Bonchev–Trinajstić information content (AvgIpc) is 3.39. The molecule has 6 nitrogen and oxygen atoms in total. The zero-order valence-corrected chi connectivity index (χ0v) is 23.6. The summed E-state index contributed by atoms with van der Waals surface area (Å²) >= 11 is 0. The van der Waals surface area contributed by atoms with E-state index in [1.54, 1.807) is 19.3 Å². The van der Waals surface area contributed by atoms with Crippen molar-refractivity contribution in [2.75, 3.05) is 6.61 Å². The van der Waals surface area contributed by atoms with E-state index in [-0.39, 0.29) is 36.7 Å². The van der Waals surface area contributed by atoms with Crippen LogP contribution in [0.15, 0.2) is 102 Å². The number of rotatable bonds is 10. The minimum absolute atomic E-state index is 0.0705. The normalized spacial score (nSPS) is 12.6. The molecule has 0 saturated carbocycles. The van der Waals surface area contributed by atoms with E-state index >= 15 is 0 Å². The van der Waals surface area contributed by atoms with Crippen LogP contribution in [0.25, 0.3) is 11.0 Å². The highest BCUT2D eigenvalue weighted by molar-refractivity contribution is 5.84. The van der Waals surface area contributed by atoms with E-state index in [4.69, 9.17) is 9.15 Å². The highest BCUT2D eigenvalue weighted by Crippen LogP contribution is 2.33. The van der Waals surface area contributed by atoms with Gasteiger partial charge in [-0.2, -0.15) is 0 Å². The highest BCUT2D eigenvalue weighted by atomic mass is 16.5. The van der Waals surface area contributed by atoms with Crippen molar-refractivity contribution in [1.29, 1.82) is 0 Å². The lowest BCUT2D eigenvalue weighted by atomic mass is 9.93. The van der Waals surface area contributed by atoms with Gasteiger partial charge in [0, 0.05) is 17.8 Å². The lowest BCUT2D eigenvalue weighted by Gasteiger charge is -2.22. The third-order valence-corrected chi connectivity index (χ3v) is 7.27. The van der Waals surface area contributed by atoms with E-state index in [1.807, 2.05) is 66.7 Å². The molecule has 1 amide bonds. The number of ether oxygens (including phenoxy) is 1. The number of carbonyl (C=O) groups excluding carboxylic acids is 2. The molecule has 0 aliphatic rings. The zero-order chi connectivity index (χ0) is 28.8. The molecule has 0 aliphatic carbocycles. The first-order valence-electron chi connectivity index (χ1n) is 13.9. The molecule has 208 valence electrons. The SMILES string of the molecule is CCOC(=O)CC(c1ccncc1)c1cc2cc(CC(=O)NC(c3ccccc3)c3ccc(C)cc3C)ccc2o1. The summed E-state index contributed by atoms with van der Waals surface area (Å²) in [7, 11) is 0. The third-order valence-electron chi connectivity index (χ3n) is 7.27. The van der Waals surface area contributed by atoms with E-state index in [0.717, 1.165) is 33.2 Å². The molecule has 0 fully saturated rings. The number of hydrogen-bond donors (Lipinski definition) is 1. The third kappa shape index (κ3) is 6.72. The van der Waals surface area contributed by atoms with Gasteiger partial charge in [-0.15, -0.1) is 0 Å². The number of hydrogen-bond acceptors (Lipinski definition) is 5. The van der Waals surface area contributed by atoms with Crippen LogP contribution >= 0.6 is 0 Å². The van der Waals surface area contributed by atoms with Crippen molar-refractivity contribution in [3.8, 4) is 0 Å². The fraction of sp³-hybridized carbons (Fsp3) is 0.229. The van der Waals surface area contributed by atoms with Gasteiger partial charge in [-0.3, -0.25) is 14.6 Å². The molecular weight excluding hydrogens is 512 g/mol. The van der Waals surface area contributed by atoms with Crippen molar-refractivity contribution in [1.82, 2.24) is 10.3 Å². The van der Waals surface area contributed by atoms with Crippen LogP contribution in [0.2, 0.25) is 0 Å². The van der Waals surface area contributed by atoms with Crippen molar-refractivity contribution in [3.63, 3.8) is 0 Å². The predicted molar refractivity (Wildman–Crippen MR) is 160 cm³/mol. The Bertz CT molecular complexity index is 1640. The second kappa shape index (κ2) is 12.6. The number of aromatic nitrogens is 1. The fourth-order valence-electron chi connectivity index (χ4n) is 5.29. The number of benzene rings is 3. The Kier molecular flexibility index (Phi) is 8.59. The Morgan fingerprint density at radius 3 is 2.41 bits per heavy atom. The van der Waals surface area contributed by atoms with E-state index in [1.165, 1.54) is 5.56 Å². The van der Waals surface area contributed by atoms with Crippen molar-refractivity contribution in [2.45, 2.75) is 45.6 Å². The molecule has 0 bridgehead atoms. The van der Waals surface area contributed by atoms with Crippen LogP contribution in [-0.2, 0) is 20.7 Å². The Balaban J connectivity index is 1.38. The summed E-state index contributed by atoms with van der Waals surface area (Å²) in [5.74, 6) is 0.00297. The molecule has 5 aromatic rings. The van der Waals surface area contributed by atoms with Crippen LogP contribution in [0.4, 0.5) is 0 Å². The number of fused-ring (bicyclic) bond motifs is 1. The Morgan fingerprint density at radius 2 is 1.68 bits per heavy atom. The van der Waals surface area contributed by atoms with E-state index in [0.29, 0.717) is 18.0 Å². The topological polar surface area (TPSA) is 81.4 Å². The van der Waals surface area contributed by atoms with Gasteiger partial charge in [-0.05, 0) is 78.9 Å². The minimum atomic E-state index is -0.305. The van der Waals surface area contributed by atoms with Gasteiger partial charge < -0.3 is 14.5 Å². The van der Waals surface area contributed by atoms with E-state index < -0.39 is 0 Å². The standard InChI is InChI=1S/C35H34N2O4/c1-4-40-34(39)22-30(26-14-16-36-17-15-26)32-21-28-19-25(11-13-31(28)41-32)20-33(38)37-35(27-8-6-5-7-9-27)29-12-10-23(2)18-24(29)3/h5-19,21,30,35H,4,20,22H2,1-3H3,(H,37,38). The number of esters is 1. The van der Waals surface area contributed by atoms with Crippen molar-refractivity contribution in [3.05, 3.63) is 136 Å². The average molecular weight is 547 g/mol. The first kappa shape index (κ1) is 27.8. The highest BCUT2D eigenvalue weighted by Gasteiger charge is 2.24. The molecule has 1 N–H and O–H groups in total. The van der Waals surface area contributed by atoms with Gasteiger partial charge in [0.15, 0.2) is 0 Å². The Hall–Kier alpha value is -4.71. The first-order valence-corrected chi connectivity index (χ1v) is 13.9. The lowest BCUT2D eigenvalue weighted by Crippen LogP contribution is -2.31. The number of nitrogens with one attached hydrogen (secondary N) is 1. The molecule has 2 unspecified atom stereocenters. The maximum atomic E-state index is 13.4. The van der Waals surface area contributed by atoms with Crippen molar-refractivity contribution >= 4 is 22.8 Å². The molecule has 2 heterocycles. The summed E-state index contributed by atoms with van der Waals surface area (Å²) in [6.07, 6.45) is 3.79. The molecule has 0 aliphatic heterocycles. The van der Waals surface area contributed by atoms with Crippen LogP contribution < -0.4 is 5.32 Å². The number of furan rings is 1. The van der Waals surface area contributed by atoms with Crippen LogP contribution in [0, 0.1) is 13.8 Å². The monoisotopic (exact) mass is 546 g/mol. The molecule has 0 saturated heterocycles. The number of nitrogens with zero attached hydrogens (tertiary/aromatic N) is 1. The summed E-state index contributed by atoms with van der Waals surface area (Å²) in [4.78, 5) is 29.9. The smallest absolute Gasteiger partial charge is 0.306 e. The summed E-state index contributed by atoms with van der Waals surface area (Å²) in [6, 6.07) is 27.6. The van der Waals surface area contributed by atoms with Crippen molar-refractivity contribution < 1.29 is 18.7 Å². The van der Waals surface area contributed by atoms with Gasteiger partial charge in [0.25, 0.3) is 0 Å². The van der Waals surface area contributed by atoms with Gasteiger partial charge in [-0.25, -0.2) is 0 Å². The molecule has 0 spiro atoms. The summed E-state index contributed by atoms with van der Waals surface area (Å²) < 4.78 is 11.4. The lowest BCUT2D eigenvalue weighted by molar-refractivity contribution is -0.143.